The first-order valence-electron chi connectivity index (χ1n) is 8.36. The Kier molecular flexibility index (Phi) is 5.48. The molecule has 0 unspecified atom stereocenters. The minimum atomic E-state index is -0.112. The van der Waals surface area contributed by atoms with Gasteiger partial charge in [-0.25, -0.2) is 0 Å². The maximum atomic E-state index is 12.3. The van der Waals surface area contributed by atoms with Crippen molar-refractivity contribution in [2.45, 2.75) is 32.4 Å². The molecular formula is C18H23N3O2S. The highest BCUT2D eigenvalue weighted by atomic mass is 32.1. The van der Waals surface area contributed by atoms with E-state index < -0.39 is 0 Å². The summed E-state index contributed by atoms with van der Waals surface area (Å²) in [5.41, 5.74) is 2.06. The van der Waals surface area contributed by atoms with E-state index >= 15 is 0 Å². The number of carbonyl (C=O) groups excluding carboxylic acids is 1. The maximum absolute atomic E-state index is 12.3. The molecule has 1 aliphatic rings. The Morgan fingerprint density at radius 1 is 1.25 bits per heavy atom. The van der Waals surface area contributed by atoms with Crippen molar-refractivity contribution in [2.24, 2.45) is 0 Å². The zero-order chi connectivity index (χ0) is 16.9. The number of hydrogen-bond acceptors (Lipinski definition) is 4. The minimum Gasteiger partial charge on any atom is -0.353 e. The molecule has 0 spiro atoms. The van der Waals surface area contributed by atoms with Gasteiger partial charge in [0.1, 0.15) is 6.54 Å². The summed E-state index contributed by atoms with van der Waals surface area (Å²) >= 11 is 1.13. The van der Waals surface area contributed by atoms with Crippen LogP contribution in [0.2, 0.25) is 0 Å². The second-order valence-corrected chi connectivity index (χ2v) is 7.02. The molecule has 1 aliphatic heterocycles. The third-order valence-electron chi connectivity index (χ3n) is 4.54. The SMILES string of the molecule is Cc1csc(=O)n1CC(=O)NC[C@H](c1ccccc1)N1CCCC1. The third-order valence-corrected chi connectivity index (χ3v) is 5.42. The number of benzene rings is 1. The van der Waals surface area contributed by atoms with E-state index in [1.807, 2.05) is 25.1 Å². The third kappa shape index (κ3) is 3.94. The topological polar surface area (TPSA) is 54.3 Å². The lowest BCUT2D eigenvalue weighted by atomic mass is 10.1. The van der Waals surface area contributed by atoms with Gasteiger partial charge in [-0.05, 0) is 38.4 Å². The number of aryl methyl sites for hydroxylation is 1. The summed E-state index contributed by atoms with van der Waals surface area (Å²) in [6, 6.07) is 10.5. The van der Waals surface area contributed by atoms with Crippen molar-refractivity contribution < 1.29 is 4.79 Å². The van der Waals surface area contributed by atoms with E-state index in [9.17, 15) is 9.59 Å². The van der Waals surface area contributed by atoms with Gasteiger partial charge in [0, 0.05) is 17.6 Å². The summed E-state index contributed by atoms with van der Waals surface area (Å²) in [5.74, 6) is -0.112. The lowest BCUT2D eigenvalue weighted by Gasteiger charge is -2.28. The normalized spacial score (nSPS) is 16.2. The second-order valence-electron chi connectivity index (χ2n) is 6.20. The van der Waals surface area contributed by atoms with E-state index in [0.29, 0.717) is 6.54 Å². The predicted molar refractivity (Wildman–Crippen MR) is 96.3 cm³/mol. The highest BCUT2D eigenvalue weighted by Crippen LogP contribution is 2.24. The molecular weight excluding hydrogens is 322 g/mol. The number of nitrogens with zero attached hydrogens (tertiary/aromatic N) is 2. The van der Waals surface area contributed by atoms with Crippen LogP contribution < -0.4 is 10.2 Å². The molecule has 0 aliphatic carbocycles. The molecule has 1 N–H and O–H groups in total. The molecule has 24 heavy (non-hydrogen) atoms. The van der Waals surface area contributed by atoms with Gasteiger partial charge in [-0.2, -0.15) is 0 Å². The number of amides is 1. The van der Waals surface area contributed by atoms with E-state index in [1.54, 1.807) is 5.38 Å². The standard InChI is InChI=1S/C18H23N3O2S/c1-14-13-24-18(23)21(14)12-17(22)19-11-16(20-9-5-6-10-20)15-7-3-2-4-8-15/h2-4,7-8,13,16H,5-6,9-12H2,1H3,(H,19,22)/t16-/m1/s1. The maximum Gasteiger partial charge on any atom is 0.307 e. The average Bonchev–Trinajstić information content (AvgIpc) is 3.22. The molecule has 1 amide bonds. The molecule has 1 aromatic heterocycles. The zero-order valence-electron chi connectivity index (χ0n) is 13.9. The van der Waals surface area contributed by atoms with Crippen LogP contribution in [0, 0.1) is 6.92 Å². The van der Waals surface area contributed by atoms with Crippen LogP contribution in [0.1, 0.15) is 30.1 Å². The molecule has 1 aromatic carbocycles. The Balaban J connectivity index is 1.65. The first-order valence-corrected chi connectivity index (χ1v) is 9.24. The van der Waals surface area contributed by atoms with Gasteiger partial charge in [0.05, 0.1) is 6.04 Å². The van der Waals surface area contributed by atoms with Gasteiger partial charge < -0.3 is 5.32 Å². The van der Waals surface area contributed by atoms with E-state index in [2.05, 4.69) is 22.3 Å². The van der Waals surface area contributed by atoms with Crippen LogP contribution in [0.3, 0.4) is 0 Å². The molecule has 0 bridgehead atoms. The molecule has 1 atom stereocenters. The molecule has 5 nitrogen and oxygen atoms in total. The first-order chi connectivity index (χ1) is 11.6. The van der Waals surface area contributed by atoms with Gasteiger partial charge in [0.2, 0.25) is 5.91 Å². The molecule has 2 aromatic rings. The van der Waals surface area contributed by atoms with Crippen molar-refractivity contribution in [2.75, 3.05) is 19.6 Å². The number of nitrogens with one attached hydrogen (secondary N) is 1. The van der Waals surface area contributed by atoms with E-state index in [0.717, 1.165) is 30.1 Å². The summed E-state index contributed by atoms with van der Waals surface area (Å²) in [6.45, 7) is 4.65. The Hall–Kier alpha value is -1.92. The van der Waals surface area contributed by atoms with Crippen LogP contribution >= 0.6 is 11.3 Å². The van der Waals surface area contributed by atoms with Gasteiger partial charge in [-0.1, -0.05) is 41.7 Å². The Labute approximate surface area is 145 Å². The minimum absolute atomic E-state index is 0.0817. The van der Waals surface area contributed by atoms with Crippen LogP contribution in [0.25, 0.3) is 0 Å². The number of thiazole rings is 1. The number of aromatic nitrogens is 1. The monoisotopic (exact) mass is 345 g/mol. The molecule has 1 fully saturated rings. The summed E-state index contributed by atoms with van der Waals surface area (Å²) in [4.78, 5) is 26.4. The molecule has 3 rings (SSSR count). The van der Waals surface area contributed by atoms with Gasteiger partial charge in [0.25, 0.3) is 0 Å². The van der Waals surface area contributed by atoms with Crippen molar-refractivity contribution in [1.29, 1.82) is 0 Å². The number of likely N-dealkylation sites (tertiary alicyclic amines) is 1. The number of hydrogen-bond donors (Lipinski definition) is 1. The van der Waals surface area contributed by atoms with Crippen LogP contribution in [0.15, 0.2) is 40.5 Å². The first kappa shape index (κ1) is 16.9. The average molecular weight is 345 g/mol. The largest absolute Gasteiger partial charge is 0.353 e. The Morgan fingerprint density at radius 3 is 2.58 bits per heavy atom. The van der Waals surface area contributed by atoms with Crippen molar-refractivity contribution in [3.63, 3.8) is 0 Å². The fraction of sp³-hybridized carbons (Fsp3) is 0.444. The van der Waals surface area contributed by atoms with Crippen molar-refractivity contribution in [3.05, 3.63) is 56.6 Å². The summed E-state index contributed by atoms with van der Waals surface area (Å²) < 4.78 is 1.52. The van der Waals surface area contributed by atoms with Crippen LogP contribution in [-0.4, -0.2) is 35.0 Å². The molecule has 0 saturated carbocycles. The summed E-state index contributed by atoms with van der Waals surface area (Å²) in [6.07, 6.45) is 2.42. The fourth-order valence-electron chi connectivity index (χ4n) is 3.19. The van der Waals surface area contributed by atoms with Gasteiger partial charge >= 0.3 is 4.87 Å². The molecule has 6 heteroatoms. The van der Waals surface area contributed by atoms with E-state index in [1.165, 1.54) is 23.0 Å². The van der Waals surface area contributed by atoms with E-state index in [4.69, 9.17) is 0 Å². The molecule has 2 heterocycles. The highest BCUT2D eigenvalue weighted by molar-refractivity contribution is 7.07. The Bertz CT molecular complexity index is 732. The zero-order valence-corrected chi connectivity index (χ0v) is 14.7. The van der Waals surface area contributed by atoms with Crippen molar-refractivity contribution >= 4 is 17.2 Å². The van der Waals surface area contributed by atoms with E-state index in [-0.39, 0.29) is 23.4 Å². The lowest BCUT2D eigenvalue weighted by molar-refractivity contribution is -0.122. The number of rotatable bonds is 6. The quantitative estimate of drug-likeness (QED) is 0.873. The van der Waals surface area contributed by atoms with Crippen LogP contribution in [0.5, 0.6) is 0 Å². The smallest absolute Gasteiger partial charge is 0.307 e. The lowest BCUT2D eigenvalue weighted by Crippen LogP contribution is -2.39. The fourth-order valence-corrected chi connectivity index (χ4v) is 3.93. The molecule has 1 saturated heterocycles. The van der Waals surface area contributed by atoms with Crippen LogP contribution in [0.4, 0.5) is 0 Å². The van der Waals surface area contributed by atoms with Gasteiger partial charge in [-0.15, -0.1) is 0 Å². The highest BCUT2D eigenvalue weighted by Gasteiger charge is 2.23. The molecule has 128 valence electrons. The Morgan fingerprint density at radius 2 is 1.96 bits per heavy atom. The number of carbonyl (C=O) groups is 1. The summed E-state index contributed by atoms with van der Waals surface area (Å²) in [7, 11) is 0. The summed E-state index contributed by atoms with van der Waals surface area (Å²) in [5, 5.41) is 4.80. The van der Waals surface area contributed by atoms with Crippen molar-refractivity contribution in [3.8, 4) is 0 Å². The van der Waals surface area contributed by atoms with Crippen molar-refractivity contribution in [1.82, 2.24) is 14.8 Å². The van der Waals surface area contributed by atoms with Crippen LogP contribution in [-0.2, 0) is 11.3 Å². The molecule has 0 radical (unpaired) electrons. The van der Waals surface area contributed by atoms with Gasteiger partial charge in [-0.3, -0.25) is 19.1 Å². The second kappa shape index (κ2) is 7.77. The predicted octanol–water partition coefficient (Wildman–Crippen LogP) is 2.17. The van der Waals surface area contributed by atoms with Gasteiger partial charge in [0.15, 0.2) is 0 Å².